The van der Waals surface area contributed by atoms with Gasteiger partial charge in [-0.2, -0.15) is 26.3 Å². The normalized spacial score (nSPS) is 13.1. The topological polar surface area (TPSA) is 113 Å². The fourth-order valence-electron chi connectivity index (χ4n) is 1.19. The van der Waals surface area contributed by atoms with Crippen LogP contribution < -0.4 is 9.44 Å². The molecule has 0 atom stereocenters. The molecule has 1 rings (SSSR count). The van der Waals surface area contributed by atoms with Crippen LogP contribution in [0, 0.1) is 0 Å². The number of phenols is 1. The number of aromatic hydroxyl groups is 1. The first-order chi connectivity index (χ1) is 9.30. The predicted molar refractivity (Wildman–Crippen MR) is 67.8 cm³/mol. The fraction of sp³-hybridized carbons (Fsp3) is 0.333. The molecular formula is C9H11F3N2O5S2. The monoisotopic (exact) mass is 348 g/mol. The zero-order valence-electron chi connectivity index (χ0n) is 10.5. The summed E-state index contributed by atoms with van der Waals surface area (Å²) in [5.74, 6) is -0.639. The maximum Gasteiger partial charge on any atom is 0.402 e. The quantitative estimate of drug-likeness (QED) is 0.675. The minimum absolute atomic E-state index is 0.311. The Morgan fingerprint density at radius 1 is 1.19 bits per heavy atom. The first kappa shape index (κ1) is 17.5. The summed E-state index contributed by atoms with van der Waals surface area (Å²) < 4.78 is 84.0. The number of alkyl halides is 3. The molecule has 7 nitrogen and oxygen atoms in total. The number of benzene rings is 1. The third-order valence-electron chi connectivity index (χ3n) is 2.10. The van der Waals surface area contributed by atoms with Crippen LogP contribution in [0.4, 0.5) is 18.9 Å². The van der Waals surface area contributed by atoms with Crippen molar-refractivity contribution in [1.82, 2.24) is 4.72 Å². The Morgan fingerprint density at radius 2 is 1.76 bits per heavy atom. The second-order valence-corrected chi connectivity index (χ2v) is 7.51. The average molecular weight is 348 g/mol. The number of anilines is 1. The Kier molecular flexibility index (Phi) is 4.75. The average Bonchev–Trinajstić information content (AvgIpc) is 2.27. The van der Waals surface area contributed by atoms with E-state index in [-0.39, 0.29) is 4.90 Å². The van der Waals surface area contributed by atoms with Gasteiger partial charge < -0.3 is 5.11 Å². The molecule has 0 saturated carbocycles. The summed E-state index contributed by atoms with van der Waals surface area (Å²) in [6, 6.07) is 2.71. The Hall–Kier alpha value is -1.53. The second kappa shape index (κ2) is 5.69. The van der Waals surface area contributed by atoms with Crippen molar-refractivity contribution in [3.63, 3.8) is 0 Å². The summed E-state index contributed by atoms with van der Waals surface area (Å²) in [7, 11) is -8.31. The fourth-order valence-corrected chi connectivity index (χ4v) is 2.71. The van der Waals surface area contributed by atoms with Crippen LogP contribution >= 0.6 is 0 Å². The number of hydrogen-bond donors (Lipinski definition) is 3. The van der Waals surface area contributed by atoms with E-state index in [4.69, 9.17) is 0 Å². The zero-order chi connectivity index (χ0) is 16.5. The Bertz CT molecular complexity index is 728. The number of rotatable bonds is 5. The van der Waals surface area contributed by atoms with E-state index in [1.807, 2.05) is 0 Å². The molecule has 0 aliphatic carbocycles. The van der Waals surface area contributed by atoms with Gasteiger partial charge in [0.1, 0.15) is 12.3 Å². The summed E-state index contributed by atoms with van der Waals surface area (Å²) in [5.41, 5.74) is -0.562. The van der Waals surface area contributed by atoms with Crippen molar-refractivity contribution in [1.29, 1.82) is 0 Å². The van der Waals surface area contributed by atoms with Crippen molar-refractivity contribution in [3.8, 4) is 5.75 Å². The second-order valence-electron chi connectivity index (χ2n) is 3.99. The highest BCUT2D eigenvalue weighted by Crippen LogP contribution is 2.27. The lowest BCUT2D eigenvalue weighted by molar-refractivity contribution is -0.121. The van der Waals surface area contributed by atoms with E-state index >= 15 is 0 Å². The van der Waals surface area contributed by atoms with E-state index in [0.717, 1.165) is 24.5 Å². The van der Waals surface area contributed by atoms with Crippen LogP contribution in [0.5, 0.6) is 5.75 Å². The Morgan fingerprint density at radius 3 is 2.24 bits per heavy atom. The van der Waals surface area contributed by atoms with Crippen molar-refractivity contribution in [2.45, 2.75) is 11.1 Å². The molecule has 0 spiro atoms. The SMILES string of the molecule is CS(=O)(=O)c1ccc(O)c(NS(=O)(=O)NCC(F)(F)F)c1. The molecule has 3 N–H and O–H groups in total. The third-order valence-corrected chi connectivity index (χ3v) is 4.23. The highest BCUT2D eigenvalue weighted by Gasteiger charge is 2.29. The first-order valence-electron chi connectivity index (χ1n) is 5.17. The molecule has 0 radical (unpaired) electrons. The van der Waals surface area contributed by atoms with Crippen molar-refractivity contribution >= 4 is 25.7 Å². The molecule has 0 amide bonds. The summed E-state index contributed by atoms with van der Waals surface area (Å²) in [5, 5.41) is 9.42. The van der Waals surface area contributed by atoms with Crippen molar-refractivity contribution in [2.75, 3.05) is 17.5 Å². The van der Waals surface area contributed by atoms with Crippen molar-refractivity contribution in [2.24, 2.45) is 0 Å². The lowest BCUT2D eigenvalue weighted by Crippen LogP contribution is -2.37. The molecule has 1 aromatic rings. The highest BCUT2D eigenvalue weighted by atomic mass is 32.2. The number of sulfone groups is 1. The van der Waals surface area contributed by atoms with Gasteiger partial charge in [0, 0.05) is 6.26 Å². The maximum absolute atomic E-state index is 11.9. The largest absolute Gasteiger partial charge is 0.506 e. The van der Waals surface area contributed by atoms with Gasteiger partial charge in [-0.05, 0) is 18.2 Å². The number of nitrogens with one attached hydrogen (secondary N) is 2. The van der Waals surface area contributed by atoms with E-state index in [1.54, 1.807) is 4.72 Å². The van der Waals surface area contributed by atoms with Crippen LogP contribution in [0.25, 0.3) is 0 Å². The molecule has 120 valence electrons. The maximum atomic E-state index is 11.9. The van der Waals surface area contributed by atoms with Crippen molar-refractivity contribution < 1.29 is 35.1 Å². The van der Waals surface area contributed by atoms with E-state index in [2.05, 4.69) is 0 Å². The molecule has 0 bridgehead atoms. The van der Waals surface area contributed by atoms with Crippen LogP contribution in [0.2, 0.25) is 0 Å². The molecule has 12 heteroatoms. The van der Waals surface area contributed by atoms with Gasteiger partial charge in [-0.15, -0.1) is 0 Å². The van der Waals surface area contributed by atoms with Gasteiger partial charge in [-0.3, -0.25) is 4.72 Å². The van der Waals surface area contributed by atoms with Gasteiger partial charge in [-0.25, -0.2) is 8.42 Å². The molecule has 0 saturated heterocycles. The number of hydrogen-bond acceptors (Lipinski definition) is 5. The van der Waals surface area contributed by atoms with E-state index < -0.39 is 44.2 Å². The molecule has 0 heterocycles. The summed E-state index contributed by atoms with van der Waals surface area (Å²) >= 11 is 0. The third kappa shape index (κ3) is 5.77. The lowest BCUT2D eigenvalue weighted by Gasteiger charge is -2.12. The van der Waals surface area contributed by atoms with Crippen LogP contribution in [-0.2, 0) is 20.0 Å². The Labute approximate surface area is 118 Å². The highest BCUT2D eigenvalue weighted by molar-refractivity contribution is 7.91. The molecule has 0 aliphatic rings. The zero-order valence-corrected chi connectivity index (χ0v) is 12.1. The van der Waals surface area contributed by atoms with Gasteiger partial charge in [0.05, 0.1) is 10.6 Å². The molecule has 0 aliphatic heterocycles. The molecule has 0 unspecified atom stereocenters. The van der Waals surface area contributed by atoms with Crippen LogP contribution in [0.15, 0.2) is 23.1 Å². The van der Waals surface area contributed by atoms with Gasteiger partial charge in [-0.1, -0.05) is 0 Å². The minimum Gasteiger partial charge on any atom is -0.506 e. The van der Waals surface area contributed by atoms with Crippen LogP contribution in [0.1, 0.15) is 0 Å². The predicted octanol–water partition coefficient (Wildman–Crippen LogP) is 0.604. The van der Waals surface area contributed by atoms with E-state index in [1.165, 1.54) is 4.72 Å². The van der Waals surface area contributed by atoms with E-state index in [9.17, 15) is 35.1 Å². The molecular weight excluding hydrogens is 337 g/mol. The Balaban J connectivity index is 3.02. The summed E-state index contributed by atoms with van der Waals surface area (Å²) in [6.45, 7) is -1.81. The van der Waals surface area contributed by atoms with Gasteiger partial charge >= 0.3 is 6.18 Å². The molecule has 0 fully saturated rings. The van der Waals surface area contributed by atoms with E-state index in [0.29, 0.717) is 0 Å². The van der Waals surface area contributed by atoms with Gasteiger partial charge in [0.25, 0.3) is 10.2 Å². The van der Waals surface area contributed by atoms with Gasteiger partial charge in [0.15, 0.2) is 9.84 Å². The smallest absolute Gasteiger partial charge is 0.402 e. The van der Waals surface area contributed by atoms with Crippen molar-refractivity contribution in [3.05, 3.63) is 18.2 Å². The molecule has 21 heavy (non-hydrogen) atoms. The first-order valence-corrected chi connectivity index (χ1v) is 8.55. The minimum atomic E-state index is -4.76. The standard InChI is InChI=1S/C9H11F3N2O5S2/c1-20(16,17)6-2-3-8(15)7(4-6)14-21(18,19)13-5-9(10,11)12/h2-4,13-15H,5H2,1H3. The molecule has 1 aromatic carbocycles. The summed E-state index contributed by atoms with van der Waals surface area (Å²) in [6.07, 6.45) is -3.91. The van der Waals surface area contributed by atoms with Gasteiger partial charge in [0.2, 0.25) is 0 Å². The number of halogens is 3. The summed E-state index contributed by atoms with van der Waals surface area (Å²) in [4.78, 5) is -0.311. The van der Waals surface area contributed by atoms with Crippen LogP contribution in [0.3, 0.4) is 0 Å². The van der Waals surface area contributed by atoms with Crippen LogP contribution in [-0.4, -0.2) is 40.9 Å². The lowest BCUT2D eigenvalue weighted by atomic mass is 10.3. The number of phenolic OH excluding ortho intramolecular Hbond substituents is 1. The molecule has 0 aromatic heterocycles.